The lowest BCUT2D eigenvalue weighted by Crippen LogP contribution is -2.52. The molecule has 0 radical (unpaired) electrons. The molecule has 0 amide bonds. The van der Waals surface area contributed by atoms with Gasteiger partial charge >= 0.3 is 5.97 Å². The fraction of sp³-hybridized carbons (Fsp3) is 0.923. The van der Waals surface area contributed by atoms with Gasteiger partial charge in [-0.25, -0.2) is 0 Å². The number of carbonyl (C=O) groups is 1. The van der Waals surface area contributed by atoms with Crippen LogP contribution in [0.25, 0.3) is 0 Å². The maximum atomic E-state index is 11.3. The molecule has 0 bridgehead atoms. The van der Waals surface area contributed by atoms with Crippen LogP contribution in [0.5, 0.6) is 0 Å². The fourth-order valence-corrected chi connectivity index (χ4v) is 3.22. The van der Waals surface area contributed by atoms with Gasteiger partial charge in [-0.3, -0.25) is 9.69 Å². The molecular formula is C13H24N2O3. The third-order valence-electron chi connectivity index (χ3n) is 4.39. The minimum Gasteiger partial charge on any atom is -0.480 e. The summed E-state index contributed by atoms with van der Waals surface area (Å²) in [5.41, 5.74) is 5.06. The smallest absolute Gasteiger partial charge is 0.323 e. The summed E-state index contributed by atoms with van der Waals surface area (Å²) in [5.74, 6) is -0.714. The predicted octanol–water partition coefficient (Wildman–Crippen LogP) is 0.679. The van der Waals surface area contributed by atoms with E-state index in [0.29, 0.717) is 6.42 Å². The van der Waals surface area contributed by atoms with Crippen molar-refractivity contribution in [2.75, 3.05) is 26.2 Å². The predicted molar refractivity (Wildman–Crippen MR) is 68.4 cm³/mol. The maximum Gasteiger partial charge on any atom is 0.323 e. The number of morpholine rings is 1. The molecule has 18 heavy (non-hydrogen) atoms. The van der Waals surface area contributed by atoms with Crippen LogP contribution in [0.15, 0.2) is 0 Å². The molecule has 1 aliphatic carbocycles. The highest BCUT2D eigenvalue weighted by Crippen LogP contribution is 2.36. The van der Waals surface area contributed by atoms with Gasteiger partial charge in [0.2, 0.25) is 0 Å². The summed E-state index contributed by atoms with van der Waals surface area (Å²) in [6.45, 7) is 5.67. The average Bonchev–Trinajstić information content (AvgIpc) is 2.70. The normalized spacial score (nSPS) is 37.9. The summed E-state index contributed by atoms with van der Waals surface area (Å²) in [4.78, 5) is 13.6. The van der Waals surface area contributed by atoms with Gasteiger partial charge in [0.05, 0.1) is 12.7 Å². The van der Waals surface area contributed by atoms with Gasteiger partial charge in [0.1, 0.15) is 5.54 Å². The summed E-state index contributed by atoms with van der Waals surface area (Å²) >= 11 is 0. The highest BCUT2D eigenvalue weighted by atomic mass is 16.5. The lowest BCUT2D eigenvalue weighted by atomic mass is 9.85. The number of aliphatic carboxylic acids is 1. The van der Waals surface area contributed by atoms with Crippen LogP contribution in [0.1, 0.15) is 32.6 Å². The van der Waals surface area contributed by atoms with Crippen molar-refractivity contribution < 1.29 is 14.6 Å². The van der Waals surface area contributed by atoms with E-state index >= 15 is 0 Å². The van der Waals surface area contributed by atoms with E-state index < -0.39 is 11.5 Å². The van der Waals surface area contributed by atoms with Crippen LogP contribution in [0, 0.1) is 5.92 Å². The Labute approximate surface area is 108 Å². The van der Waals surface area contributed by atoms with E-state index in [1.807, 2.05) is 0 Å². The lowest BCUT2D eigenvalue weighted by Gasteiger charge is -2.33. The highest BCUT2D eigenvalue weighted by molar-refractivity contribution is 5.79. The van der Waals surface area contributed by atoms with Crippen molar-refractivity contribution in [3.63, 3.8) is 0 Å². The lowest BCUT2D eigenvalue weighted by molar-refractivity contribution is -0.145. The van der Waals surface area contributed by atoms with Crippen LogP contribution in [-0.2, 0) is 9.53 Å². The number of hydrogen-bond donors (Lipinski definition) is 2. The molecule has 0 aromatic heterocycles. The van der Waals surface area contributed by atoms with Crippen molar-refractivity contribution in [3.05, 3.63) is 0 Å². The molecule has 104 valence electrons. The Morgan fingerprint density at radius 3 is 3.06 bits per heavy atom. The van der Waals surface area contributed by atoms with Crippen molar-refractivity contribution in [1.29, 1.82) is 0 Å². The average molecular weight is 256 g/mol. The van der Waals surface area contributed by atoms with Crippen molar-refractivity contribution in [1.82, 2.24) is 4.90 Å². The summed E-state index contributed by atoms with van der Waals surface area (Å²) in [7, 11) is 0. The van der Waals surface area contributed by atoms with Crippen molar-refractivity contribution in [2.24, 2.45) is 11.7 Å². The Morgan fingerprint density at radius 1 is 1.61 bits per heavy atom. The quantitative estimate of drug-likeness (QED) is 0.773. The van der Waals surface area contributed by atoms with Crippen molar-refractivity contribution in [3.8, 4) is 0 Å². The van der Waals surface area contributed by atoms with E-state index in [1.165, 1.54) is 0 Å². The van der Waals surface area contributed by atoms with Gasteiger partial charge in [0.25, 0.3) is 0 Å². The van der Waals surface area contributed by atoms with Crippen LogP contribution in [0.2, 0.25) is 0 Å². The van der Waals surface area contributed by atoms with E-state index in [0.717, 1.165) is 45.5 Å². The van der Waals surface area contributed by atoms with Crippen LogP contribution in [0.3, 0.4) is 0 Å². The highest BCUT2D eigenvalue weighted by Gasteiger charge is 2.45. The minimum absolute atomic E-state index is 0.119. The molecular weight excluding hydrogens is 232 g/mol. The first kappa shape index (κ1) is 13.8. The third-order valence-corrected chi connectivity index (χ3v) is 4.39. The Hall–Kier alpha value is -0.650. The van der Waals surface area contributed by atoms with Gasteiger partial charge in [-0.2, -0.15) is 0 Å². The molecule has 3 atom stereocenters. The number of rotatable bonds is 4. The summed E-state index contributed by atoms with van der Waals surface area (Å²) in [6, 6.07) is 0. The van der Waals surface area contributed by atoms with Crippen LogP contribution in [-0.4, -0.2) is 53.9 Å². The molecule has 1 saturated carbocycles. The monoisotopic (exact) mass is 256 g/mol. The first-order valence-corrected chi connectivity index (χ1v) is 6.88. The second-order valence-corrected chi connectivity index (χ2v) is 5.71. The molecule has 0 spiro atoms. The zero-order chi connectivity index (χ0) is 13.2. The SMILES string of the molecule is CC1CN(CCC2CCCC2(N)C(=O)O)CCO1. The molecule has 3 unspecified atom stereocenters. The molecule has 2 fully saturated rings. The number of carboxylic acids is 1. The van der Waals surface area contributed by atoms with Gasteiger partial charge in [-0.15, -0.1) is 0 Å². The topological polar surface area (TPSA) is 75.8 Å². The van der Waals surface area contributed by atoms with Crippen LogP contribution in [0.4, 0.5) is 0 Å². The Bertz CT molecular complexity index is 311. The number of nitrogens with zero attached hydrogens (tertiary/aromatic N) is 1. The number of carboxylic acid groups (broad SMARTS) is 1. The third kappa shape index (κ3) is 2.84. The molecule has 0 aromatic rings. The summed E-state index contributed by atoms with van der Waals surface area (Å²) in [5, 5.41) is 9.26. The zero-order valence-corrected chi connectivity index (χ0v) is 11.1. The van der Waals surface area contributed by atoms with Crippen molar-refractivity contribution in [2.45, 2.75) is 44.2 Å². The molecule has 1 heterocycles. The first-order valence-electron chi connectivity index (χ1n) is 6.88. The maximum absolute atomic E-state index is 11.3. The fourth-order valence-electron chi connectivity index (χ4n) is 3.22. The van der Waals surface area contributed by atoms with E-state index in [9.17, 15) is 9.90 Å². The van der Waals surface area contributed by atoms with E-state index in [4.69, 9.17) is 10.5 Å². The van der Waals surface area contributed by atoms with Crippen LogP contribution >= 0.6 is 0 Å². The number of nitrogens with two attached hydrogens (primary N) is 1. The van der Waals surface area contributed by atoms with Crippen molar-refractivity contribution >= 4 is 5.97 Å². The second-order valence-electron chi connectivity index (χ2n) is 5.71. The molecule has 1 aliphatic heterocycles. The van der Waals surface area contributed by atoms with E-state index in [1.54, 1.807) is 0 Å². The molecule has 2 aliphatic rings. The first-order chi connectivity index (χ1) is 8.52. The zero-order valence-electron chi connectivity index (χ0n) is 11.1. The summed E-state index contributed by atoms with van der Waals surface area (Å²) in [6.07, 6.45) is 3.67. The Morgan fingerprint density at radius 2 is 2.39 bits per heavy atom. The number of ether oxygens (including phenoxy) is 1. The number of hydrogen-bond acceptors (Lipinski definition) is 4. The Balaban J connectivity index is 1.84. The molecule has 5 heteroatoms. The second kappa shape index (κ2) is 5.55. The van der Waals surface area contributed by atoms with E-state index in [2.05, 4.69) is 11.8 Å². The standard InChI is InChI=1S/C13H24N2O3/c1-10-9-15(7-8-18-10)6-4-11-3-2-5-13(11,14)12(16)17/h10-11H,2-9,14H2,1H3,(H,16,17). The Kier molecular flexibility index (Phi) is 4.25. The molecule has 2 rings (SSSR count). The van der Waals surface area contributed by atoms with Gasteiger partial charge in [-0.05, 0) is 38.6 Å². The molecule has 1 saturated heterocycles. The van der Waals surface area contributed by atoms with Gasteiger partial charge in [0.15, 0.2) is 0 Å². The van der Waals surface area contributed by atoms with Crippen LogP contribution < -0.4 is 5.73 Å². The van der Waals surface area contributed by atoms with Gasteiger partial charge in [-0.1, -0.05) is 6.42 Å². The minimum atomic E-state index is -0.988. The largest absolute Gasteiger partial charge is 0.480 e. The van der Waals surface area contributed by atoms with Gasteiger partial charge in [0, 0.05) is 13.1 Å². The van der Waals surface area contributed by atoms with E-state index in [-0.39, 0.29) is 12.0 Å². The molecule has 3 N–H and O–H groups in total. The molecule has 0 aromatic carbocycles. The van der Waals surface area contributed by atoms with Gasteiger partial charge < -0.3 is 15.6 Å². The molecule has 5 nitrogen and oxygen atoms in total. The summed E-state index contributed by atoms with van der Waals surface area (Å²) < 4.78 is 5.50.